The van der Waals surface area contributed by atoms with Gasteiger partial charge in [-0.1, -0.05) is 0 Å². The van der Waals surface area contributed by atoms with Gasteiger partial charge < -0.3 is 24.4 Å². The number of anilines is 2. The van der Waals surface area contributed by atoms with Gasteiger partial charge in [-0.2, -0.15) is 5.26 Å². The van der Waals surface area contributed by atoms with Crippen LogP contribution in [0.15, 0.2) is 12.4 Å². The van der Waals surface area contributed by atoms with E-state index in [1.165, 1.54) is 0 Å². The Balaban J connectivity index is 1.31. The number of likely N-dealkylation sites (N-methyl/N-ethyl adjacent to an activating group) is 1. The summed E-state index contributed by atoms with van der Waals surface area (Å²) in [5.41, 5.74) is 0.442. The highest BCUT2D eigenvalue weighted by Gasteiger charge is 2.39. The number of rotatable bonds is 4. The van der Waals surface area contributed by atoms with Crippen LogP contribution in [0.5, 0.6) is 0 Å². The van der Waals surface area contributed by atoms with E-state index in [2.05, 4.69) is 50.1 Å². The van der Waals surface area contributed by atoms with Crippen molar-refractivity contribution in [1.82, 2.24) is 24.8 Å². The lowest BCUT2D eigenvalue weighted by atomic mass is 9.94. The summed E-state index contributed by atoms with van der Waals surface area (Å²) < 4.78 is 43.3. The first-order valence-electron chi connectivity index (χ1n) is 15.8. The Labute approximate surface area is 279 Å². The van der Waals surface area contributed by atoms with Gasteiger partial charge in [0.25, 0.3) is 0 Å². The fourth-order valence-corrected chi connectivity index (χ4v) is 7.86. The zero-order valence-electron chi connectivity index (χ0n) is 27.3. The Morgan fingerprint density at radius 2 is 1.94 bits per heavy atom. The second-order valence-corrected chi connectivity index (χ2v) is 14.7. The number of nitrogens with zero attached hydrogens (tertiary/aromatic N) is 7. The summed E-state index contributed by atoms with van der Waals surface area (Å²) in [5.74, 6) is -1.15. The number of benzene rings is 1. The minimum absolute atomic E-state index is 0.0329. The first-order valence-corrected chi connectivity index (χ1v) is 16.6. The van der Waals surface area contributed by atoms with E-state index in [0.717, 1.165) is 37.2 Å². The van der Waals surface area contributed by atoms with E-state index in [9.17, 15) is 15.2 Å². The number of hydrogen-bond acceptors (Lipinski definition) is 12. The molecule has 0 spiro atoms. The molecule has 12 nitrogen and oxygen atoms in total. The molecule has 3 aliphatic heterocycles. The third kappa shape index (κ3) is 5.61. The summed E-state index contributed by atoms with van der Waals surface area (Å²) in [6, 6.07) is 2.29. The van der Waals surface area contributed by atoms with Crippen molar-refractivity contribution in [3.05, 3.63) is 40.7 Å². The number of carbonyl (C=O) groups is 1. The average Bonchev–Trinajstić information content (AvgIpc) is 3.76. The first-order chi connectivity index (χ1) is 22.8. The predicted octanol–water partition coefficient (Wildman–Crippen LogP) is 4.62. The Kier molecular flexibility index (Phi) is 8.20. The molecule has 0 radical (unpaired) electrons. The Hall–Kier alpha value is -4.07. The van der Waals surface area contributed by atoms with Gasteiger partial charge in [0.1, 0.15) is 22.2 Å². The second kappa shape index (κ2) is 12.1. The Bertz CT molecular complexity index is 1990. The van der Waals surface area contributed by atoms with Gasteiger partial charge in [-0.15, -0.1) is 11.3 Å². The number of nitriles is 1. The van der Waals surface area contributed by atoms with Crippen LogP contribution in [0.25, 0.3) is 32.2 Å². The molecule has 2 unspecified atom stereocenters. The SMILES string of the molecule is C[C@H]1CN(C2CN(c3ncc4c5c(c(-c6ncc(F)c7sc(NC(=O)OC(C)(C)C)c(C#N)c67)c(F)c4n3)COC5)CC2O)CCN1C. The molecule has 1 amide bonds. The maximum absolute atomic E-state index is 16.9. The number of aliphatic hydroxyl groups excluding tert-OH is 1. The third-order valence-corrected chi connectivity index (χ3v) is 10.4. The summed E-state index contributed by atoms with van der Waals surface area (Å²) in [6.45, 7) is 10.9. The van der Waals surface area contributed by atoms with Crippen molar-refractivity contribution in [2.75, 3.05) is 50.0 Å². The third-order valence-electron chi connectivity index (χ3n) is 9.32. The number of carbonyl (C=O) groups excluding carboxylic acids is 1. The number of nitrogens with one attached hydrogen (secondary N) is 1. The fourth-order valence-electron chi connectivity index (χ4n) is 6.82. The molecule has 6 heterocycles. The molecule has 1 aromatic carbocycles. The monoisotopic (exact) mass is 678 g/mol. The molecule has 3 atom stereocenters. The van der Waals surface area contributed by atoms with Crippen molar-refractivity contribution >= 4 is 49.4 Å². The lowest BCUT2D eigenvalue weighted by molar-refractivity contribution is 0.0298. The van der Waals surface area contributed by atoms with Crippen molar-refractivity contribution in [3.63, 3.8) is 0 Å². The van der Waals surface area contributed by atoms with E-state index in [1.807, 2.05) is 4.90 Å². The predicted molar refractivity (Wildman–Crippen MR) is 177 cm³/mol. The molecule has 0 aliphatic carbocycles. The maximum atomic E-state index is 16.9. The zero-order chi connectivity index (χ0) is 34.1. The van der Waals surface area contributed by atoms with Gasteiger partial charge in [0.15, 0.2) is 11.6 Å². The van der Waals surface area contributed by atoms with Crippen molar-refractivity contribution in [2.24, 2.45) is 0 Å². The van der Waals surface area contributed by atoms with Gasteiger partial charge in [0, 0.05) is 61.3 Å². The van der Waals surface area contributed by atoms with Crippen molar-refractivity contribution in [2.45, 2.75) is 64.7 Å². The average molecular weight is 679 g/mol. The van der Waals surface area contributed by atoms with Crippen LogP contribution in [0.4, 0.5) is 24.5 Å². The van der Waals surface area contributed by atoms with Crippen LogP contribution in [0.3, 0.4) is 0 Å². The molecule has 4 aromatic rings. The van der Waals surface area contributed by atoms with Crippen molar-refractivity contribution < 1.29 is 28.2 Å². The second-order valence-electron chi connectivity index (χ2n) is 13.6. The molecule has 2 saturated heterocycles. The van der Waals surface area contributed by atoms with Gasteiger partial charge in [0.2, 0.25) is 5.95 Å². The molecular weight excluding hydrogens is 642 g/mol. The van der Waals surface area contributed by atoms with Gasteiger partial charge in [-0.25, -0.2) is 23.5 Å². The van der Waals surface area contributed by atoms with Crippen LogP contribution in [0.1, 0.15) is 44.4 Å². The van der Waals surface area contributed by atoms with Crippen molar-refractivity contribution in [3.8, 4) is 17.3 Å². The molecule has 48 heavy (non-hydrogen) atoms. The molecule has 3 aromatic heterocycles. The summed E-state index contributed by atoms with van der Waals surface area (Å²) in [5, 5.41) is 24.4. The van der Waals surface area contributed by atoms with Crippen LogP contribution >= 0.6 is 11.3 Å². The standard InChI is InChI=1S/C33H36F2N8O4S/c1-16-11-42(7-6-41(16)5)22-12-43(13-23(22)44)31-38-9-18-19-14-46-15-20(19)24(26(35)27(18)39-31)28-25-17(8-36)30(40-32(45)47-33(2,3)4)48-29(25)21(34)10-37-28/h9-10,16,22-23,44H,6-7,11-15H2,1-5H3,(H,40,45)/t16-,22?,23?/m0/s1. The highest BCUT2D eigenvalue weighted by molar-refractivity contribution is 7.23. The number of hydrogen-bond donors (Lipinski definition) is 2. The molecule has 7 rings (SSSR count). The number of pyridine rings is 1. The highest BCUT2D eigenvalue weighted by atomic mass is 32.1. The minimum atomic E-state index is -0.813. The maximum Gasteiger partial charge on any atom is 0.412 e. The van der Waals surface area contributed by atoms with Gasteiger partial charge in [-0.3, -0.25) is 15.2 Å². The normalized spacial score (nSPS) is 22.0. The smallest absolute Gasteiger partial charge is 0.412 e. The van der Waals surface area contributed by atoms with Crippen LogP contribution in [-0.2, 0) is 22.7 Å². The zero-order valence-corrected chi connectivity index (χ0v) is 28.1. The number of aliphatic hydroxyl groups is 1. The van der Waals surface area contributed by atoms with E-state index < -0.39 is 29.4 Å². The van der Waals surface area contributed by atoms with E-state index in [1.54, 1.807) is 27.0 Å². The molecule has 2 fully saturated rings. The molecule has 3 aliphatic rings. The summed E-state index contributed by atoms with van der Waals surface area (Å²) >= 11 is 0.847. The molecule has 2 N–H and O–H groups in total. The van der Waals surface area contributed by atoms with E-state index in [0.29, 0.717) is 35.6 Å². The van der Waals surface area contributed by atoms with Gasteiger partial charge >= 0.3 is 6.09 Å². The number of β-amino-alcohol motifs (C(OH)–C–C–N with tert-alkyl or cyclic N) is 1. The number of amides is 1. The fraction of sp³-hybridized carbons (Fsp3) is 0.485. The lowest BCUT2D eigenvalue weighted by Gasteiger charge is -2.41. The number of thiophene rings is 1. The van der Waals surface area contributed by atoms with Gasteiger partial charge in [-0.05, 0) is 45.9 Å². The van der Waals surface area contributed by atoms with Crippen molar-refractivity contribution in [1.29, 1.82) is 5.26 Å². The molecular formula is C33H36F2N8O4S. The Morgan fingerprint density at radius 3 is 2.67 bits per heavy atom. The number of aromatic nitrogens is 3. The van der Waals surface area contributed by atoms with Crippen LogP contribution in [0.2, 0.25) is 0 Å². The number of halogens is 2. The first kappa shape index (κ1) is 32.5. The molecule has 252 valence electrons. The van der Waals surface area contributed by atoms with E-state index >= 15 is 8.78 Å². The summed E-state index contributed by atoms with van der Waals surface area (Å²) in [4.78, 5) is 32.7. The van der Waals surface area contributed by atoms with Crippen LogP contribution in [-0.4, -0.2) is 99.5 Å². The largest absolute Gasteiger partial charge is 0.444 e. The molecule has 15 heteroatoms. The molecule has 0 bridgehead atoms. The number of ether oxygens (including phenoxy) is 2. The summed E-state index contributed by atoms with van der Waals surface area (Å²) in [6.07, 6.45) is 1.12. The van der Waals surface area contributed by atoms with Crippen LogP contribution in [0, 0.1) is 23.0 Å². The minimum Gasteiger partial charge on any atom is -0.444 e. The van der Waals surface area contributed by atoms with E-state index in [-0.39, 0.29) is 62.6 Å². The highest BCUT2D eigenvalue weighted by Crippen LogP contribution is 2.46. The van der Waals surface area contributed by atoms with Gasteiger partial charge in [0.05, 0.1) is 47.5 Å². The molecule has 0 saturated carbocycles. The van der Waals surface area contributed by atoms with E-state index in [4.69, 9.17) is 9.47 Å². The summed E-state index contributed by atoms with van der Waals surface area (Å²) in [7, 11) is 2.10. The number of fused-ring (bicyclic) bond motifs is 4. The quantitative estimate of drug-likeness (QED) is 0.313. The van der Waals surface area contributed by atoms with Crippen LogP contribution < -0.4 is 10.2 Å². The number of piperazine rings is 1. The Morgan fingerprint density at radius 1 is 1.17 bits per heavy atom. The topological polar surface area (TPSA) is 140 Å². The lowest BCUT2D eigenvalue weighted by Crippen LogP contribution is -2.56.